The highest BCUT2D eigenvalue weighted by atomic mass is 16.5. The molecule has 290 valence electrons. The smallest absolute Gasteiger partial charge is 0.328 e. The summed E-state index contributed by atoms with van der Waals surface area (Å²) in [5.74, 6) is -0.423. The van der Waals surface area contributed by atoms with Gasteiger partial charge >= 0.3 is 5.97 Å². The van der Waals surface area contributed by atoms with E-state index in [4.69, 9.17) is 23.7 Å². The third-order valence-corrected chi connectivity index (χ3v) is 8.88. The predicted molar refractivity (Wildman–Crippen MR) is 216 cm³/mol. The topological polar surface area (TPSA) is 121 Å². The molecule has 0 spiro atoms. The predicted octanol–water partition coefficient (Wildman–Crippen LogP) is 8.09. The largest absolute Gasteiger partial charge is 0.485 e. The van der Waals surface area contributed by atoms with Crippen LogP contribution >= 0.6 is 0 Å². The van der Waals surface area contributed by atoms with Crippen LogP contribution in [0.25, 0.3) is 0 Å². The van der Waals surface area contributed by atoms with Crippen molar-refractivity contribution in [1.82, 2.24) is 10.6 Å². The zero-order chi connectivity index (χ0) is 39.7. The number of rotatable bonds is 19. The fourth-order valence-electron chi connectivity index (χ4n) is 5.90. The van der Waals surface area contributed by atoms with Gasteiger partial charge in [0.05, 0.1) is 18.2 Å². The molecule has 0 aliphatic heterocycles. The van der Waals surface area contributed by atoms with Gasteiger partial charge in [-0.05, 0) is 52.9 Å². The quantitative estimate of drug-likeness (QED) is 0.0795. The van der Waals surface area contributed by atoms with E-state index in [1.54, 1.807) is 36.4 Å². The Morgan fingerprint density at radius 3 is 1.26 bits per heavy atom. The molecule has 0 saturated carbocycles. The molecule has 6 rings (SSSR count). The van der Waals surface area contributed by atoms with Crippen LogP contribution < -0.4 is 29.6 Å². The maximum Gasteiger partial charge on any atom is 0.328 e. The van der Waals surface area contributed by atoms with Crippen molar-refractivity contribution in [3.8, 4) is 23.0 Å². The second kappa shape index (κ2) is 20.6. The molecule has 6 aromatic rings. The maximum atomic E-state index is 13.9. The summed E-state index contributed by atoms with van der Waals surface area (Å²) in [7, 11) is 1.24. The second-order valence-electron chi connectivity index (χ2n) is 13.0. The van der Waals surface area contributed by atoms with Gasteiger partial charge in [-0.15, -0.1) is 0 Å². The highest BCUT2D eigenvalue weighted by molar-refractivity contribution is 6.00. The Hall–Kier alpha value is -7.07. The highest BCUT2D eigenvalue weighted by Gasteiger charge is 2.26. The van der Waals surface area contributed by atoms with Gasteiger partial charge in [0.2, 0.25) is 0 Å². The van der Waals surface area contributed by atoms with E-state index in [2.05, 4.69) is 10.6 Å². The van der Waals surface area contributed by atoms with Crippen molar-refractivity contribution in [3.05, 3.63) is 191 Å². The molecule has 10 heteroatoms. The van der Waals surface area contributed by atoms with Crippen molar-refractivity contribution in [2.45, 2.75) is 38.9 Å². The Morgan fingerprint density at radius 1 is 0.474 bits per heavy atom. The molecule has 0 aliphatic rings. The fourth-order valence-corrected chi connectivity index (χ4v) is 5.90. The van der Waals surface area contributed by atoms with Crippen molar-refractivity contribution in [2.24, 2.45) is 0 Å². The summed E-state index contributed by atoms with van der Waals surface area (Å²) in [4.78, 5) is 40.6. The highest BCUT2D eigenvalue weighted by Crippen LogP contribution is 2.34. The van der Waals surface area contributed by atoms with Crippen molar-refractivity contribution in [1.29, 1.82) is 0 Å². The minimum Gasteiger partial charge on any atom is -0.485 e. The number of carbonyl (C=O) groups is 3. The summed E-state index contributed by atoms with van der Waals surface area (Å²) >= 11 is 0. The molecular weight excluding hydrogens is 721 g/mol. The van der Waals surface area contributed by atoms with Gasteiger partial charge in [-0.1, -0.05) is 133 Å². The number of amides is 2. The van der Waals surface area contributed by atoms with Crippen LogP contribution in [0.4, 0.5) is 0 Å². The summed E-state index contributed by atoms with van der Waals surface area (Å²) in [6.07, 6.45) is 0.0267. The summed E-state index contributed by atoms with van der Waals surface area (Å²) < 4.78 is 29.8. The molecule has 0 fully saturated rings. The normalized spacial score (nSPS) is 11.1. The Morgan fingerprint density at radius 2 is 0.860 bits per heavy atom. The summed E-state index contributed by atoms with van der Waals surface area (Å²) in [5, 5.41) is 5.66. The Balaban J connectivity index is 1.16. The van der Waals surface area contributed by atoms with Crippen LogP contribution in [-0.2, 0) is 36.0 Å². The molecule has 0 aromatic heterocycles. The molecule has 0 aliphatic carbocycles. The molecule has 0 heterocycles. The third-order valence-electron chi connectivity index (χ3n) is 8.88. The van der Waals surface area contributed by atoms with Gasteiger partial charge in [-0.3, -0.25) is 9.59 Å². The van der Waals surface area contributed by atoms with E-state index in [0.29, 0.717) is 11.5 Å². The van der Waals surface area contributed by atoms with Gasteiger partial charge < -0.3 is 34.3 Å². The molecule has 10 nitrogen and oxygen atoms in total. The van der Waals surface area contributed by atoms with E-state index in [9.17, 15) is 14.4 Å². The number of benzene rings is 6. The van der Waals surface area contributed by atoms with Crippen LogP contribution in [-0.4, -0.2) is 37.5 Å². The lowest BCUT2D eigenvalue weighted by atomic mass is 10.1. The van der Waals surface area contributed by atoms with Crippen LogP contribution in [0, 0.1) is 0 Å². The monoisotopic (exact) mass is 764 g/mol. The standard InChI is InChI=1S/C47H44N2O8/c1-53-47(52)40(49-46(51)39-25-15-27-42(55-31-35-18-8-3-9-19-35)44(39)57-33-37-22-12-5-13-23-37)28-29-48-45(50)38-24-14-26-41(54-30-34-16-6-2-7-17-34)43(38)56-32-36-20-10-4-11-21-36/h2-27,40H,28-33H2,1H3,(H,48,50)(H,49,51)/t40-/m1/s1. The van der Waals surface area contributed by atoms with Crippen LogP contribution in [0.5, 0.6) is 23.0 Å². The van der Waals surface area contributed by atoms with Crippen LogP contribution in [0.1, 0.15) is 49.4 Å². The second-order valence-corrected chi connectivity index (χ2v) is 13.0. The molecule has 57 heavy (non-hydrogen) atoms. The number of hydrogen-bond donors (Lipinski definition) is 2. The molecule has 6 aromatic carbocycles. The number of nitrogens with one attached hydrogen (secondary N) is 2. The van der Waals surface area contributed by atoms with E-state index in [1.807, 2.05) is 121 Å². The molecule has 2 amide bonds. The average Bonchev–Trinajstić information content (AvgIpc) is 3.26. The fraction of sp³-hybridized carbons (Fsp3) is 0.170. The number of esters is 1. The summed E-state index contributed by atoms with van der Waals surface area (Å²) in [5.41, 5.74) is 4.13. The molecule has 2 N–H and O–H groups in total. The summed E-state index contributed by atoms with van der Waals surface area (Å²) in [6.45, 7) is 0.922. The first-order chi connectivity index (χ1) is 28.0. The van der Waals surface area contributed by atoms with E-state index < -0.39 is 23.8 Å². The minimum atomic E-state index is -1.10. The first-order valence-corrected chi connectivity index (χ1v) is 18.6. The van der Waals surface area contributed by atoms with Crippen LogP contribution in [0.2, 0.25) is 0 Å². The number of methoxy groups -OCH3 is 1. The molecule has 0 saturated heterocycles. The van der Waals surface area contributed by atoms with Gasteiger partial charge in [0.15, 0.2) is 23.0 Å². The van der Waals surface area contributed by atoms with Crippen molar-refractivity contribution in [2.75, 3.05) is 13.7 Å². The number of ether oxygens (including phenoxy) is 5. The first-order valence-electron chi connectivity index (χ1n) is 18.6. The van der Waals surface area contributed by atoms with E-state index in [1.165, 1.54) is 7.11 Å². The Bertz CT molecular complexity index is 2200. The third kappa shape index (κ3) is 11.5. The van der Waals surface area contributed by atoms with Gasteiger partial charge in [0.25, 0.3) is 11.8 Å². The van der Waals surface area contributed by atoms with E-state index >= 15 is 0 Å². The van der Waals surface area contributed by atoms with Gasteiger partial charge in [-0.2, -0.15) is 0 Å². The van der Waals surface area contributed by atoms with Gasteiger partial charge in [0, 0.05) is 6.54 Å². The van der Waals surface area contributed by atoms with Crippen LogP contribution in [0.15, 0.2) is 158 Å². The summed E-state index contributed by atoms with van der Waals surface area (Å²) in [6, 6.07) is 47.5. The first kappa shape index (κ1) is 39.6. The molecule has 1 atom stereocenters. The van der Waals surface area contributed by atoms with Crippen molar-refractivity contribution >= 4 is 17.8 Å². The lowest BCUT2D eigenvalue weighted by Crippen LogP contribution is -2.43. The zero-order valence-electron chi connectivity index (χ0n) is 31.6. The van der Waals surface area contributed by atoms with Crippen molar-refractivity contribution in [3.63, 3.8) is 0 Å². The van der Waals surface area contributed by atoms with Crippen molar-refractivity contribution < 1.29 is 38.1 Å². The number of carbonyl (C=O) groups excluding carboxylic acids is 3. The lowest BCUT2D eigenvalue weighted by molar-refractivity contribution is -0.143. The Kier molecular flexibility index (Phi) is 14.3. The molecular formula is C47H44N2O8. The van der Waals surface area contributed by atoms with E-state index in [0.717, 1.165) is 22.3 Å². The molecule has 0 bridgehead atoms. The van der Waals surface area contributed by atoms with Crippen LogP contribution in [0.3, 0.4) is 0 Å². The number of hydrogen-bond acceptors (Lipinski definition) is 8. The maximum absolute atomic E-state index is 13.9. The SMILES string of the molecule is COC(=O)[C@@H](CCNC(=O)c1cccc(OCc2ccccc2)c1OCc1ccccc1)NC(=O)c1cccc(OCc2ccccc2)c1OCc1ccccc1. The van der Waals surface area contributed by atoms with Gasteiger partial charge in [-0.25, -0.2) is 4.79 Å². The van der Waals surface area contributed by atoms with Gasteiger partial charge in [0.1, 0.15) is 32.5 Å². The zero-order valence-corrected chi connectivity index (χ0v) is 31.6. The molecule has 0 radical (unpaired) electrons. The minimum absolute atomic E-state index is 0.0176. The van der Waals surface area contributed by atoms with E-state index in [-0.39, 0.29) is 62.0 Å². The lowest BCUT2D eigenvalue weighted by Gasteiger charge is -2.20. The number of para-hydroxylation sites is 2. The Labute approximate surface area is 332 Å². The average molecular weight is 765 g/mol. The molecule has 0 unspecified atom stereocenters.